The molecule has 0 atom stereocenters. The summed E-state index contributed by atoms with van der Waals surface area (Å²) >= 11 is 0. The number of carboxylic acid groups (broad SMARTS) is 1. The number of aliphatic carboxylic acids is 1. The molecule has 0 aromatic carbocycles. The lowest BCUT2D eigenvalue weighted by Gasteiger charge is -2.13. The molecule has 0 saturated carbocycles. The summed E-state index contributed by atoms with van der Waals surface area (Å²) in [7, 11) is 0. The van der Waals surface area contributed by atoms with Crippen molar-refractivity contribution in [1.29, 1.82) is 0 Å². The van der Waals surface area contributed by atoms with Gasteiger partial charge in [0.25, 0.3) is 0 Å². The summed E-state index contributed by atoms with van der Waals surface area (Å²) in [6, 6.07) is 0. The van der Waals surface area contributed by atoms with E-state index in [-0.39, 0.29) is 12.4 Å². The Morgan fingerprint density at radius 3 is 2.60 bits per heavy atom. The standard InChI is InChI=1S/C4H10N4O2/c1-3(7-5)8(6)2-4(9)10/h2,5-6H2,1H3,(H,9,10)/b7-3-. The normalized spacial score (nSPS) is 11.2. The molecule has 0 aromatic rings. The van der Waals surface area contributed by atoms with Crippen LogP contribution in [0.1, 0.15) is 6.92 Å². The van der Waals surface area contributed by atoms with Gasteiger partial charge in [0.2, 0.25) is 0 Å². The minimum Gasteiger partial charge on any atom is -0.480 e. The molecule has 0 amide bonds. The van der Waals surface area contributed by atoms with Gasteiger partial charge in [0.15, 0.2) is 0 Å². The van der Waals surface area contributed by atoms with E-state index in [0.29, 0.717) is 0 Å². The number of nitrogens with zero attached hydrogens (tertiary/aromatic N) is 2. The second kappa shape index (κ2) is 3.67. The molecule has 6 heteroatoms. The number of hydrogen-bond acceptors (Lipinski definition) is 4. The third-order valence-corrected chi connectivity index (χ3v) is 0.908. The highest BCUT2D eigenvalue weighted by Crippen LogP contribution is 1.79. The van der Waals surface area contributed by atoms with E-state index in [4.69, 9.17) is 16.8 Å². The molecule has 0 aliphatic carbocycles. The largest absolute Gasteiger partial charge is 0.480 e. The van der Waals surface area contributed by atoms with Gasteiger partial charge in [-0.15, -0.1) is 0 Å². The highest BCUT2D eigenvalue weighted by atomic mass is 16.4. The van der Waals surface area contributed by atoms with E-state index in [2.05, 4.69) is 5.10 Å². The maximum atomic E-state index is 10.0. The van der Waals surface area contributed by atoms with Crippen LogP contribution in [0.5, 0.6) is 0 Å². The minimum atomic E-state index is -1.02. The average Bonchev–Trinajstić information content (AvgIpc) is 1.85. The zero-order valence-corrected chi connectivity index (χ0v) is 5.61. The molecule has 5 N–H and O–H groups in total. The molecular formula is C4H10N4O2. The second-order valence-corrected chi connectivity index (χ2v) is 1.70. The second-order valence-electron chi connectivity index (χ2n) is 1.70. The maximum absolute atomic E-state index is 10.0. The quantitative estimate of drug-likeness (QED) is 0.191. The summed E-state index contributed by atoms with van der Waals surface area (Å²) < 4.78 is 0. The number of hydrazine groups is 1. The van der Waals surface area contributed by atoms with Gasteiger partial charge in [0.05, 0.1) is 0 Å². The molecule has 6 nitrogen and oxygen atoms in total. The van der Waals surface area contributed by atoms with Crippen LogP contribution in [0, 0.1) is 0 Å². The zero-order chi connectivity index (χ0) is 8.15. The van der Waals surface area contributed by atoms with Crippen LogP contribution in [0.15, 0.2) is 5.10 Å². The predicted octanol–water partition coefficient (Wildman–Crippen LogP) is -1.46. The molecule has 0 rings (SSSR count). The fourth-order valence-corrected chi connectivity index (χ4v) is 0.334. The van der Waals surface area contributed by atoms with Crippen LogP contribution in [-0.4, -0.2) is 28.5 Å². The lowest BCUT2D eigenvalue weighted by molar-refractivity contribution is -0.137. The Balaban J connectivity index is 3.85. The summed E-state index contributed by atoms with van der Waals surface area (Å²) in [5.74, 6) is 9.25. The smallest absolute Gasteiger partial charge is 0.324 e. The molecule has 10 heavy (non-hydrogen) atoms. The Morgan fingerprint density at radius 1 is 1.80 bits per heavy atom. The van der Waals surface area contributed by atoms with E-state index in [1.54, 1.807) is 0 Å². The minimum absolute atomic E-state index is 0.280. The van der Waals surface area contributed by atoms with Crippen LogP contribution < -0.4 is 11.7 Å². The Kier molecular flexibility index (Phi) is 3.20. The van der Waals surface area contributed by atoms with Gasteiger partial charge in [-0.1, -0.05) is 0 Å². The van der Waals surface area contributed by atoms with E-state index in [9.17, 15) is 4.79 Å². The molecule has 58 valence electrons. The Hall–Kier alpha value is -1.30. The number of rotatable bonds is 2. The lowest BCUT2D eigenvalue weighted by atomic mass is 10.5. The van der Waals surface area contributed by atoms with Crippen LogP contribution in [0.3, 0.4) is 0 Å². The third-order valence-electron chi connectivity index (χ3n) is 0.908. The number of nitrogens with two attached hydrogens (primary N) is 2. The predicted molar refractivity (Wildman–Crippen MR) is 35.8 cm³/mol. The highest BCUT2D eigenvalue weighted by molar-refractivity contribution is 5.82. The first-order valence-electron chi connectivity index (χ1n) is 2.56. The van der Waals surface area contributed by atoms with Crippen LogP contribution in [-0.2, 0) is 4.79 Å². The van der Waals surface area contributed by atoms with Crippen LogP contribution >= 0.6 is 0 Å². The van der Waals surface area contributed by atoms with Gasteiger partial charge in [-0.3, -0.25) is 9.80 Å². The van der Waals surface area contributed by atoms with Gasteiger partial charge in [-0.05, 0) is 6.92 Å². The van der Waals surface area contributed by atoms with Crippen LogP contribution in [0.25, 0.3) is 0 Å². The van der Waals surface area contributed by atoms with Crippen molar-refractivity contribution in [2.24, 2.45) is 16.8 Å². The Bertz CT molecular complexity index is 155. The van der Waals surface area contributed by atoms with Gasteiger partial charge in [-0.2, -0.15) is 5.10 Å². The number of hydrogen-bond donors (Lipinski definition) is 3. The average molecular weight is 146 g/mol. The molecule has 0 unspecified atom stereocenters. The van der Waals surface area contributed by atoms with Gasteiger partial charge < -0.3 is 10.9 Å². The third kappa shape index (κ3) is 2.88. The number of carboxylic acids is 1. The molecule has 0 aliphatic heterocycles. The van der Waals surface area contributed by atoms with Crippen molar-refractivity contribution in [1.82, 2.24) is 5.01 Å². The van der Waals surface area contributed by atoms with Crippen molar-refractivity contribution in [2.75, 3.05) is 6.54 Å². The van der Waals surface area contributed by atoms with E-state index in [0.717, 1.165) is 5.01 Å². The van der Waals surface area contributed by atoms with Crippen molar-refractivity contribution < 1.29 is 9.90 Å². The van der Waals surface area contributed by atoms with Crippen LogP contribution in [0.4, 0.5) is 0 Å². The van der Waals surface area contributed by atoms with Gasteiger partial charge in [0.1, 0.15) is 12.4 Å². The van der Waals surface area contributed by atoms with Gasteiger partial charge in [-0.25, -0.2) is 5.84 Å². The van der Waals surface area contributed by atoms with Crippen molar-refractivity contribution in [3.63, 3.8) is 0 Å². The molecule has 0 aromatic heterocycles. The molecule has 0 saturated heterocycles. The molecule has 0 heterocycles. The first kappa shape index (κ1) is 8.70. The molecule has 0 spiro atoms. The van der Waals surface area contributed by atoms with Crippen molar-refractivity contribution in [2.45, 2.75) is 6.92 Å². The maximum Gasteiger partial charge on any atom is 0.324 e. The van der Waals surface area contributed by atoms with Crippen molar-refractivity contribution in [3.05, 3.63) is 0 Å². The molecule has 0 aliphatic rings. The molecule has 0 radical (unpaired) electrons. The number of hydrazone groups is 1. The van der Waals surface area contributed by atoms with Gasteiger partial charge in [0, 0.05) is 0 Å². The highest BCUT2D eigenvalue weighted by Gasteiger charge is 2.04. The number of amidine groups is 1. The first-order chi connectivity index (χ1) is 4.57. The first-order valence-corrected chi connectivity index (χ1v) is 2.56. The molecule has 0 bridgehead atoms. The van der Waals surface area contributed by atoms with Crippen molar-refractivity contribution >= 4 is 11.8 Å². The SMILES string of the molecule is C/C(=N/N)N(N)CC(=O)O. The van der Waals surface area contributed by atoms with E-state index >= 15 is 0 Å². The Morgan fingerprint density at radius 2 is 2.30 bits per heavy atom. The fraction of sp³-hybridized carbons (Fsp3) is 0.500. The van der Waals surface area contributed by atoms with E-state index in [1.807, 2.05) is 0 Å². The van der Waals surface area contributed by atoms with E-state index < -0.39 is 5.97 Å². The van der Waals surface area contributed by atoms with Crippen molar-refractivity contribution in [3.8, 4) is 0 Å². The zero-order valence-electron chi connectivity index (χ0n) is 5.61. The monoisotopic (exact) mass is 146 g/mol. The Labute approximate surface area is 58.1 Å². The van der Waals surface area contributed by atoms with Gasteiger partial charge >= 0.3 is 5.97 Å². The summed E-state index contributed by atoms with van der Waals surface area (Å²) in [6.07, 6.45) is 0. The summed E-state index contributed by atoms with van der Waals surface area (Å²) in [6.45, 7) is 1.22. The molecule has 0 fully saturated rings. The lowest BCUT2D eigenvalue weighted by Crippen LogP contribution is -2.40. The molecular weight excluding hydrogens is 136 g/mol. The summed E-state index contributed by atoms with van der Waals surface area (Å²) in [4.78, 5) is 10.0. The fourth-order valence-electron chi connectivity index (χ4n) is 0.334. The summed E-state index contributed by atoms with van der Waals surface area (Å²) in [5, 5.41) is 12.4. The topological polar surface area (TPSA) is 105 Å². The van der Waals surface area contributed by atoms with E-state index in [1.165, 1.54) is 6.92 Å². The summed E-state index contributed by atoms with van der Waals surface area (Å²) in [5.41, 5.74) is 0. The van der Waals surface area contributed by atoms with Crippen LogP contribution in [0.2, 0.25) is 0 Å². The number of carbonyl (C=O) groups is 1.